The maximum atomic E-state index is 8.97. The van der Waals surface area contributed by atoms with Crippen LogP contribution in [0.25, 0.3) is 10.9 Å². The lowest BCUT2D eigenvalue weighted by Crippen LogP contribution is -2.25. The van der Waals surface area contributed by atoms with E-state index in [1.807, 2.05) is 24.4 Å². The highest BCUT2D eigenvalue weighted by Gasteiger charge is 2.13. The van der Waals surface area contributed by atoms with Crippen molar-refractivity contribution in [2.75, 3.05) is 6.54 Å². The summed E-state index contributed by atoms with van der Waals surface area (Å²) in [5.41, 5.74) is 9.76. The van der Waals surface area contributed by atoms with E-state index in [2.05, 4.69) is 26.4 Å². The Hall–Kier alpha value is -0.880. The highest BCUT2D eigenvalue weighted by atomic mass is 79.9. The van der Waals surface area contributed by atoms with Gasteiger partial charge in [0.25, 0.3) is 0 Å². The van der Waals surface area contributed by atoms with Crippen LogP contribution >= 0.6 is 15.9 Å². The highest BCUT2D eigenvalue weighted by molar-refractivity contribution is 9.10. The standard InChI is InChI=1S/C10H12BrN3O/c11-6-1-2-9-7(3-6)8(5-13-9)10(4-12)14-15/h1-3,5,10,13-15H,4,12H2. The lowest BCUT2D eigenvalue weighted by molar-refractivity contribution is 0.129. The number of hydroxylamine groups is 1. The largest absolute Gasteiger partial charge is 0.361 e. The molecule has 80 valence electrons. The minimum absolute atomic E-state index is 0.243. The zero-order valence-electron chi connectivity index (χ0n) is 8.00. The van der Waals surface area contributed by atoms with E-state index in [0.29, 0.717) is 6.54 Å². The molecule has 0 radical (unpaired) electrons. The summed E-state index contributed by atoms with van der Waals surface area (Å²) in [4.78, 5) is 3.14. The molecule has 1 unspecified atom stereocenters. The number of hydrogen-bond acceptors (Lipinski definition) is 3. The van der Waals surface area contributed by atoms with Crippen LogP contribution in [0.2, 0.25) is 0 Å². The van der Waals surface area contributed by atoms with Crippen molar-refractivity contribution in [3.63, 3.8) is 0 Å². The van der Waals surface area contributed by atoms with Gasteiger partial charge in [0, 0.05) is 28.1 Å². The van der Waals surface area contributed by atoms with Crippen molar-refractivity contribution in [2.45, 2.75) is 6.04 Å². The van der Waals surface area contributed by atoms with Crippen LogP contribution < -0.4 is 11.2 Å². The summed E-state index contributed by atoms with van der Waals surface area (Å²) in [6.07, 6.45) is 1.86. The molecule has 5 N–H and O–H groups in total. The normalized spacial score (nSPS) is 13.3. The third-order valence-corrected chi connectivity index (χ3v) is 2.94. The number of rotatable bonds is 3. The van der Waals surface area contributed by atoms with Gasteiger partial charge in [0.2, 0.25) is 0 Å². The van der Waals surface area contributed by atoms with E-state index in [4.69, 9.17) is 10.9 Å². The minimum atomic E-state index is -0.243. The molecule has 2 rings (SSSR count). The zero-order valence-corrected chi connectivity index (χ0v) is 9.58. The summed E-state index contributed by atoms with van der Waals surface area (Å²) in [7, 11) is 0. The molecule has 1 aromatic carbocycles. The smallest absolute Gasteiger partial charge is 0.0712 e. The van der Waals surface area contributed by atoms with Crippen molar-refractivity contribution in [3.8, 4) is 0 Å². The SMILES string of the molecule is NCC(NO)c1c[nH]c2ccc(Br)cc12. The topological polar surface area (TPSA) is 74.1 Å². The van der Waals surface area contributed by atoms with Gasteiger partial charge in [-0.15, -0.1) is 0 Å². The van der Waals surface area contributed by atoms with Crippen LogP contribution in [0.5, 0.6) is 0 Å². The Bertz CT molecular complexity index is 465. The van der Waals surface area contributed by atoms with Crippen molar-refractivity contribution < 1.29 is 5.21 Å². The molecule has 15 heavy (non-hydrogen) atoms. The summed E-state index contributed by atoms with van der Waals surface area (Å²) in [6.45, 7) is 0.343. The van der Waals surface area contributed by atoms with Crippen molar-refractivity contribution in [1.29, 1.82) is 0 Å². The first-order valence-corrected chi connectivity index (χ1v) is 5.41. The Morgan fingerprint density at radius 1 is 1.53 bits per heavy atom. The van der Waals surface area contributed by atoms with Gasteiger partial charge in [0.1, 0.15) is 0 Å². The van der Waals surface area contributed by atoms with Gasteiger partial charge in [-0.1, -0.05) is 15.9 Å². The molecule has 2 aromatic rings. The van der Waals surface area contributed by atoms with E-state index in [0.717, 1.165) is 20.9 Å². The third kappa shape index (κ3) is 1.91. The van der Waals surface area contributed by atoms with Crippen LogP contribution in [0.3, 0.4) is 0 Å². The molecule has 0 saturated heterocycles. The predicted molar refractivity (Wildman–Crippen MR) is 62.7 cm³/mol. The van der Waals surface area contributed by atoms with Crippen LogP contribution in [0.1, 0.15) is 11.6 Å². The fourth-order valence-corrected chi connectivity index (χ4v) is 2.01. The molecule has 0 saturated carbocycles. The van der Waals surface area contributed by atoms with Crippen molar-refractivity contribution in [2.24, 2.45) is 5.73 Å². The Morgan fingerprint density at radius 2 is 2.33 bits per heavy atom. The van der Waals surface area contributed by atoms with Gasteiger partial charge < -0.3 is 15.9 Å². The number of aromatic amines is 1. The lowest BCUT2D eigenvalue weighted by atomic mass is 10.1. The van der Waals surface area contributed by atoms with Gasteiger partial charge in [-0.05, 0) is 23.8 Å². The Balaban J connectivity index is 2.55. The summed E-state index contributed by atoms with van der Waals surface area (Å²) >= 11 is 3.42. The van der Waals surface area contributed by atoms with Gasteiger partial charge in [-0.3, -0.25) is 0 Å². The second-order valence-electron chi connectivity index (χ2n) is 3.35. The maximum absolute atomic E-state index is 8.97. The quantitative estimate of drug-likeness (QED) is 0.644. The Kier molecular flexibility index (Phi) is 3.06. The molecule has 0 fully saturated rings. The van der Waals surface area contributed by atoms with E-state index in [-0.39, 0.29) is 6.04 Å². The molecule has 0 amide bonds. The van der Waals surface area contributed by atoms with Gasteiger partial charge in [-0.2, -0.15) is 5.48 Å². The second-order valence-corrected chi connectivity index (χ2v) is 4.27. The minimum Gasteiger partial charge on any atom is -0.361 e. The summed E-state index contributed by atoms with van der Waals surface area (Å²) in [6, 6.07) is 5.70. The summed E-state index contributed by atoms with van der Waals surface area (Å²) in [5, 5.41) is 10.0. The molecule has 0 spiro atoms. The molecule has 1 atom stereocenters. The summed E-state index contributed by atoms with van der Waals surface area (Å²) in [5.74, 6) is 0. The molecule has 4 nitrogen and oxygen atoms in total. The highest BCUT2D eigenvalue weighted by Crippen LogP contribution is 2.26. The van der Waals surface area contributed by atoms with E-state index >= 15 is 0 Å². The number of H-pyrrole nitrogens is 1. The lowest BCUT2D eigenvalue weighted by Gasteiger charge is -2.11. The Morgan fingerprint density at radius 3 is 3.00 bits per heavy atom. The Labute approximate surface area is 95.6 Å². The molecule has 0 aliphatic carbocycles. The number of nitrogens with one attached hydrogen (secondary N) is 2. The van der Waals surface area contributed by atoms with Gasteiger partial charge in [0.05, 0.1) is 6.04 Å². The number of hydrogen-bond donors (Lipinski definition) is 4. The molecule has 0 aliphatic rings. The van der Waals surface area contributed by atoms with Crippen molar-refractivity contribution in [1.82, 2.24) is 10.5 Å². The first-order valence-electron chi connectivity index (χ1n) is 4.62. The monoisotopic (exact) mass is 269 g/mol. The first kappa shape index (κ1) is 10.6. The third-order valence-electron chi connectivity index (χ3n) is 2.44. The predicted octanol–water partition coefficient (Wildman–Crippen LogP) is 1.91. The molecule has 0 aliphatic heterocycles. The van der Waals surface area contributed by atoms with Gasteiger partial charge >= 0.3 is 0 Å². The number of halogens is 1. The van der Waals surface area contributed by atoms with E-state index in [9.17, 15) is 0 Å². The fraction of sp³-hybridized carbons (Fsp3) is 0.200. The van der Waals surface area contributed by atoms with E-state index in [1.54, 1.807) is 0 Å². The van der Waals surface area contributed by atoms with E-state index < -0.39 is 0 Å². The average Bonchev–Trinajstić information content (AvgIpc) is 2.64. The van der Waals surface area contributed by atoms with Gasteiger partial charge in [-0.25, -0.2) is 0 Å². The number of nitrogens with two attached hydrogens (primary N) is 1. The number of benzene rings is 1. The number of aromatic nitrogens is 1. The van der Waals surface area contributed by atoms with Gasteiger partial charge in [0.15, 0.2) is 0 Å². The zero-order chi connectivity index (χ0) is 10.8. The molecule has 1 heterocycles. The molecule has 1 aromatic heterocycles. The second kappa shape index (κ2) is 4.32. The molecule has 0 bridgehead atoms. The maximum Gasteiger partial charge on any atom is 0.0712 e. The van der Waals surface area contributed by atoms with Crippen LogP contribution in [0, 0.1) is 0 Å². The van der Waals surface area contributed by atoms with Crippen molar-refractivity contribution in [3.05, 3.63) is 34.4 Å². The fourth-order valence-electron chi connectivity index (χ4n) is 1.65. The molecular formula is C10H12BrN3O. The van der Waals surface area contributed by atoms with Crippen LogP contribution in [-0.4, -0.2) is 16.7 Å². The first-order chi connectivity index (χ1) is 7.26. The van der Waals surface area contributed by atoms with Crippen LogP contribution in [0.4, 0.5) is 0 Å². The van der Waals surface area contributed by atoms with Crippen LogP contribution in [0.15, 0.2) is 28.9 Å². The van der Waals surface area contributed by atoms with E-state index in [1.165, 1.54) is 0 Å². The summed E-state index contributed by atoms with van der Waals surface area (Å²) < 4.78 is 1.00. The number of fused-ring (bicyclic) bond motifs is 1. The molecule has 5 heteroatoms. The molecular weight excluding hydrogens is 258 g/mol. The average molecular weight is 270 g/mol. The van der Waals surface area contributed by atoms with Crippen LogP contribution in [-0.2, 0) is 0 Å². The van der Waals surface area contributed by atoms with Crippen molar-refractivity contribution >= 4 is 26.8 Å².